The molecule has 2 aromatic rings. The topological polar surface area (TPSA) is 58.1 Å². The van der Waals surface area contributed by atoms with Gasteiger partial charge in [0.05, 0.1) is 17.0 Å². The normalized spacial score (nSPS) is 14.6. The molecule has 23 heavy (non-hydrogen) atoms. The number of piperidine rings is 1. The van der Waals surface area contributed by atoms with E-state index in [1.54, 1.807) is 0 Å². The standard InChI is InChI=1S/C18H22N4O/c1-13-17(14(2)20-12-19-13)18(23)21-15-6-8-16(9-7-15)22-10-4-3-5-11-22/h6-9,12H,3-5,10-11H2,1-2H3,(H,21,23). The van der Waals surface area contributed by atoms with Gasteiger partial charge in [-0.2, -0.15) is 0 Å². The average molecular weight is 310 g/mol. The molecule has 0 spiro atoms. The fraction of sp³-hybridized carbons (Fsp3) is 0.389. The Balaban J connectivity index is 1.72. The number of amides is 1. The average Bonchev–Trinajstić information content (AvgIpc) is 2.56. The molecular weight excluding hydrogens is 288 g/mol. The molecule has 120 valence electrons. The molecule has 1 amide bonds. The molecule has 0 radical (unpaired) electrons. The van der Waals surface area contributed by atoms with Crippen LogP contribution in [0.25, 0.3) is 0 Å². The van der Waals surface area contributed by atoms with Gasteiger partial charge in [0.1, 0.15) is 6.33 Å². The van der Waals surface area contributed by atoms with E-state index in [2.05, 4.69) is 32.3 Å². The van der Waals surface area contributed by atoms with Gasteiger partial charge in [-0.05, 0) is 57.4 Å². The Kier molecular flexibility index (Phi) is 4.55. The summed E-state index contributed by atoms with van der Waals surface area (Å²) in [5, 5.41) is 2.93. The molecule has 1 saturated heterocycles. The zero-order valence-corrected chi connectivity index (χ0v) is 13.7. The summed E-state index contributed by atoms with van der Waals surface area (Å²) in [5.74, 6) is -0.161. The van der Waals surface area contributed by atoms with E-state index >= 15 is 0 Å². The second-order valence-electron chi connectivity index (χ2n) is 5.97. The van der Waals surface area contributed by atoms with Crippen LogP contribution in [0.2, 0.25) is 0 Å². The first-order chi connectivity index (χ1) is 11.1. The summed E-state index contributed by atoms with van der Waals surface area (Å²) in [7, 11) is 0. The molecule has 1 aromatic carbocycles. The van der Waals surface area contributed by atoms with Crippen molar-refractivity contribution in [2.75, 3.05) is 23.3 Å². The first-order valence-electron chi connectivity index (χ1n) is 8.10. The quantitative estimate of drug-likeness (QED) is 0.944. The van der Waals surface area contributed by atoms with Gasteiger partial charge in [0.25, 0.3) is 5.91 Å². The summed E-state index contributed by atoms with van der Waals surface area (Å²) in [4.78, 5) is 23.0. The second kappa shape index (κ2) is 6.77. The maximum atomic E-state index is 12.4. The summed E-state index contributed by atoms with van der Waals surface area (Å²) < 4.78 is 0. The molecule has 1 aromatic heterocycles. The lowest BCUT2D eigenvalue weighted by Crippen LogP contribution is -2.29. The Morgan fingerprint density at radius 3 is 2.22 bits per heavy atom. The minimum atomic E-state index is -0.161. The van der Waals surface area contributed by atoms with Crippen LogP contribution < -0.4 is 10.2 Å². The van der Waals surface area contributed by atoms with E-state index in [4.69, 9.17) is 0 Å². The molecule has 2 heterocycles. The predicted molar refractivity (Wildman–Crippen MR) is 92.0 cm³/mol. The van der Waals surface area contributed by atoms with Crippen LogP contribution in [0.4, 0.5) is 11.4 Å². The number of carbonyl (C=O) groups is 1. The fourth-order valence-electron chi connectivity index (χ4n) is 3.02. The van der Waals surface area contributed by atoms with E-state index in [1.807, 2.05) is 26.0 Å². The number of nitrogens with one attached hydrogen (secondary N) is 1. The number of hydrogen-bond acceptors (Lipinski definition) is 4. The maximum absolute atomic E-state index is 12.4. The summed E-state index contributed by atoms with van der Waals surface area (Å²) in [5.41, 5.74) is 3.95. The zero-order valence-electron chi connectivity index (χ0n) is 13.7. The second-order valence-corrected chi connectivity index (χ2v) is 5.97. The van der Waals surface area contributed by atoms with Gasteiger partial charge < -0.3 is 10.2 Å². The molecular formula is C18H22N4O. The molecule has 0 atom stereocenters. The predicted octanol–water partition coefficient (Wildman–Crippen LogP) is 3.34. The summed E-state index contributed by atoms with van der Waals surface area (Å²) in [6.45, 7) is 5.88. The molecule has 0 bridgehead atoms. The van der Waals surface area contributed by atoms with Gasteiger partial charge in [-0.1, -0.05) is 0 Å². The number of hydrogen-bond donors (Lipinski definition) is 1. The summed E-state index contributed by atoms with van der Waals surface area (Å²) in [6, 6.07) is 8.05. The molecule has 1 fully saturated rings. The molecule has 1 N–H and O–H groups in total. The Morgan fingerprint density at radius 1 is 1.00 bits per heavy atom. The SMILES string of the molecule is Cc1ncnc(C)c1C(=O)Nc1ccc(N2CCCCC2)cc1. The van der Waals surface area contributed by atoms with Crippen LogP contribution in [-0.2, 0) is 0 Å². The van der Waals surface area contributed by atoms with Crippen LogP contribution in [0.15, 0.2) is 30.6 Å². The largest absolute Gasteiger partial charge is 0.372 e. The molecule has 5 nitrogen and oxygen atoms in total. The van der Waals surface area contributed by atoms with Crippen LogP contribution in [0.3, 0.4) is 0 Å². The lowest BCUT2D eigenvalue weighted by atomic mass is 10.1. The number of anilines is 2. The van der Waals surface area contributed by atoms with E-state index in [0.717, 1.165) is 18.8 Å². The van der Waals surface area contributed by atoms with Crippen molar-refractivity contribution in [1.29, 1.82) is 0 Å². The van der Waals surface area contributed by atoms with Crippen molar-refractivity contribution in [2.45, 2.75) is 33.1 Å². The highest BCUT2D eigenvalue weighted by Gasteiger charge is 2.15. The van der Waals surface area contributed by atoms with Crippen molar-refractivity contribution in [3.05, 3.63) is 47.5 Å². The lowest BCUT2D eigenvalue weighted by molar-refractivity contribution is 0.102. The van der Waals surface area contributed by atoms with Crippen molar-refractivity contribution in [3.8, 4) is 0 Å². The number of benzene rings is 1. The first kappa shape index (κ1) is 15.5. The highest BCUT2D eigenvalue weighted by atomic mass is 16.1. The van der Waals surface area contributed by atoms with Gasteiger partial charge in [-0.3, -0.25) is 4.79 Å². The molecule has 0 unspecified atom stereocenters. The molecule has 1 aliphatic heterocycles. The molecule has 0 saturated carbocycles. The highest BCUT2D eigenvalue weighted by molar-refractivity contribution is 6.05. The Bertz CT molecular complexity index is 670. The summed E-state index contributed by atoms with van der Waals surface area (Å²) in [6.07, 6.45) is 5.31. The monoisotopic (exact) mass is 310 g/mol. The Hall–Kier alpha value is -2.43. The van der Waals surface area contributed by atoms with E-state index in [1.165, 1.54) is 31.3 Å². The molecule has 3 rings (SSSR count). The zero-order chi connectivity index (χ0) is 16.2. The van der Waals surface area contributed by atoms with Crippen LogP contribution in [0, 0.1) is 13.8 Å². The third-order valence-electron chi connectivity index (χ3n) is 4.30. The van der Waals surface area contributed by atoms with Crippen molar-refractivity contribution < 1.29 is 4.79 Å². The number of aryl methyl sites for hydroxylation is 2. The van der Waals surface area contributed by atoms with Gasteiger partial charge in [0.2, 0.25) is 0 Å². The smallest absolute Gasteiger partial charge is 0.259 e. The third kappa shape index (κ3) is 3.50. The Morgan fingerprint density at radius 2 is 1.61 bits per heavy atom. The van der Waals surface area contributed by atoms with Gasteiger partial charge in [-0.15, -0.1) is 0 Å². The van der Waals surface area contributed by atoms with E-state index in [0.29, 0.717) is 17.0 Å². The van der Waals surface area contributed by atoms with Gasteiger partial charge in [0, 0.05) is 24.5 Å². The van der Waals surface area contributed by atoms with Gasteiger partial charge in [0.15, 0.2) is 0 Å². The van der Waals surface area contributed by atoms with Gasteiger partial charge >= 0.3 is 0 Å². The molecule has 5 heteroatoms. The minimum absolute atomic E-state index is 0.161. The van der Waals surface area contributed by atoms with E-state index < -0.39 is 0 Å². The molecule has 0 aliphatic carbocycles. The van der Waals surface area contributed by atoms with Crippen LogP contribution >= 0.6 is 0 Å². The maximum Gasteiger partial charge on any atom is 0.259 e. The first-order valence-corrected chi connectivity index (χ1v) is 8.10. The van der Waals surface area contributed by atoms with Crippen LogP contribution in [0.1, 0.15) is 41.0 Å². The van der Waals surface area contributed by atoms with Gasteiger partial charge in [-0.25, -0.2) is 9.97 Å². The van der Waals surface area contributed by atoms with Crippen molar-refractivity contribution in [2.24, 2.45) is 0 Å². The third-order valence-corrected chi connectivity index (χ3v) is 4.30. The van der Waals surface area contributed by atoms with Crippen molar-refractivity contribution >= 4 is 17.3 Å². The van der Waals surface area contributed by atoms with Crippen molar-refractivity contribution in [3.63, 3.8) is 0 Å². The van der Waals surface area contributed by atoms with E-state index in [9.17, 15) is 4.79 Å². The van der Waals surface area contributed by atoms with Crippen LogP contribution in [0.5, 0.6) is 0 Å². The van der Waals surface area contributed by atoms with E-state index in [-0.39, 0.29) is 5.91 Å². The number of nitrogens with zero attached hydrogens (tertiary/aromatic N) is 3. The van der Waals surface area contributed by atoms with Crippen LogP contribution in [-0.4, -0.2) is 29.0 Å². The number of carbonyl (C=O) groups excluding carboxylic acids is 1. The number of rotatable bonds is 3. The Labute approximate surface area is 136 Å². The summed E-state index contributed by atoms with van der Waals surface area (Å²) >= 11 is 0. The minimum Gasteiger partial charge on any atom is -0.372 e. The lowest BCUT2D eigenvalue weighted by Gasteiger charge is -2.28. The highest BCUT2D eigenvalue weighted by Crippen LogP contribution is 2.22. The molecule has 1 aliphatic rings. The van der Waals surface area contributed by atoms with Crippen molar-refractivity contribution in [1.82, 2.24) is 9.97 Å². The number of aromatic nitrogens is 2. The fourth-order valence-corrected chi connectivity index (χ4v) is 3.02.